The Labute approximate surface area is 84.9 Å². The third-order valence-corrected chi connectivity index (χ3v) is 2.41. The summed E-state index contributed by atoms with van der Waals surface area (Å²) in [7, 11) is 0. The highest BCUT2D eigenvalue weighted by atomic mass is 16.3. The number of rotatable bonds is 4. The molecule has 0 aliphatic heterocycles. The lowest BCUT2D eigenvalue weighted by atomic mass is 10.0. The normalized spacial score (nSPS) is 12.8. The first-order valence-corrected chi connectivity index (χ1v) is 4.88. The summed E-state index contributed by atoms with van der Waals surface area (Å²) >= 11 is 0. The van der Waals surface area contributed by atoms with Gasteiger partial charge in [0.25, 0.3) is 0 Å². The first kappa shape index (κ1) is 11.0. The molecule has 3 heteroatoms. The van der Waals surface area contributed by atoms with Crippen LogP contribution in [-0.2, 0) is 0 Å². The van der Waals surface area contributed by atoms with E-state index >= 15 is 0 Å². The van der Waals surface area contributed by atoms with E-state index in [0.29, 0.717) is 12.3 Å². The van der Waals surface area contributed by atoms with E-state index in [1.807, 2.05) is 19.1 Å². The molecule has 0 heterocycles. The third-order valence-electron chi connectivity index (χ3n) is 2.41. The fourth-order valence-corrected chi connectivity index (χ4v) is 1.52. The third kappa shape index (κ3) is 2.47. The van der Waals surface area contributed by atoms with Gasteiger partial charge in [-0.3, -0.25) is 0 Å². The van der Waals surface area contributed by atoms with Crippen LogP contribution in [-0.4, -0.2) is 18.2 Å². The largest absolute Gasteiger partial charge is 0.508 e. The summed E-state index contributed by atoms with van der Waals surface area (Å²) in [5.74, 6) is 0.351. The molecule has 0 spiro atoms. The lowest BCUT2D eigenvalue weighted by molar-refractivity contribution is 0.467. The van der Waals surface area contributed by atoms with Crippen molar-refractivity contribution in [3.63, 3.8) is 0 Å². The second-order valence-corrected chi connectivity index (χ2v) is 3.46. The first-order chi connectivity index (χ1) is 6.66. The predicted octanol–water partition coefficient (Wildman–Crippen LogP) is 1.31. The standard InChI is InChI=1S/C11H18N2O/c1-8-10(4-3-5-11(8)14)9(2)13-7-6-12/h3-5,9,13-14H,6-7,12H2,1-2H3. The summed E-state index contributed by atoms with van der Waals surface area (Å²) in [5.41, 5.74) is 7.47. The van der Waals surface area contributed by atoms with Crippen molar-refractivity contribution in [3.05, 3.63) is 29.3 Å². The molecule has 1 unspecified atom stereocenters. The molecule has 4 N–H and O–H groups in total. The monoisotopic (exact) mass is 194 g/mol. The lowest BCUT2D eigenvalue weighted by Crippen LogP contribution is -2.25. The van der Waals surface area contributed by atoms with Crippen LogP contribution >= 0.6 is 0 Å². The number of benzene rings is 1. The Bertz CT molecular complexity index is 299. The molecule has 1 aromatic rings. The fraction of sp³-hybridized carbons (Fsp3) is 0.455. The van der Waals surface area contributed by atoms with E-state index in [1.165, 1.54) is 0 Å². The molecule has 1 rings (SSSR count). The summed E-state index contributed by atoms with van der Waals surface area (Å²) in [5, 5.41) is 12.8. The molecule has 0 saturated carbocycles. The molecule has 0 bridgehead atoms. The van der Waals surface area contributed by atoms with Crippen LogP contribution in [0.1, 0.15) is 24.1 Å². The quantitative estimate of drug-likeness (QED) is 0.677. The van der Waals surface area contributed by atoms with Crippen molar-refractivity contribution in [1.82, 2.24) is 5.32 Å². The zero-order chi connectivity index (χ0) is 10.6. The lowest BCUT2D eigenvalue weighted by Gasteiger charge is -2.16. The minimum atomic E-state index is 0.227. The van der Waals surface area contributed by atoms with Crippen LogP contribution in [0.2, 0.25) is 0 Å². The predicted molar refractivity (Wildman–Crippen MR) is 58.3 cm³/mol. The van der Waals surface area contributed by atoms with Gasteiger partial charge in [0.05, 0.1) is 0 Å². The molecule has 14 heavy (non-hydrogen) atoms. The van der Waals surface area contributed by atoms with Gasteiger partial charge in [-0.2, -0.15) is 0 Å². The van der Waals surface area contributed by atoms with Gasteiger partial charge >= 0.3 is 0 Å². The van der Waals surface area contributed by atoms with Crippen LogP contribution in [0.15, 0.2) is 18.2 Å². The van der Waals surface area contributed by atoms with Gasteiger partial charge in [0.15, 0.2) is 0 Å². The Morgan fingerprint density at radius 3 is 2.86 bits per heavy atom. The summed E-state index contributed by atoms with van der Waals surface area (Å²) in [4.78, 5) is 0. The van der Waals surface area contributed by atoms with Gasteiger partial charge < -0.3 is 16.2 Å². The number of nitrogens with one attached hydrogen (secondary N) is 1. The fourth-order valence-electron chi connectivity index (χ4n) is 1.52. The second kappa shape index (κ2) is 4.98. The van der Waals surface area contributed by atoms with Crippen LogP contribution in [0.3, 0.4) is 0 Å². The van der Waals surface area contributed by atoms with Gasteiger partial charge in [0, 0.05) is 19.1 Å². The molecule has 0 aliphatic carbocycles. The van der Waals surface area contributed by atoms with Crippen molar-refractivity contribution < 1.29 is 5.11 Å². The maximum atomic E-state index is 9.52. The van der Waals surface area contributed by atoms with E-state index in [2.05, 4.69) is 12.2 Å². The summed E-state index contributed by atoms with van der Waals surface area (Å²) in [6, 6.07) is 5.81. The van der Waals surface area contributed by atoms with Crippen LogP contribution in [0, 0.1) is 6.92 Å². The molecule has 0 amide bonds. The Morgan fingerprint density at radius 2 is 2.21 bits per heavy atom. The molecule has 0 fully saturated rings. The van der Waals surface area contributed by atoms with E-state index in [9.17, 15) is 5.11 Å². The molecule has 3 nitrogen and oxygen atoms in total. The Morgan fingerprint density at radius 1 is 1.50 bits per heavy atom. The van der Waals surface area contributed by atoms with Crippen LogP contribution < -0.4 is 11.1 Å². The van der Waals surface area contributed by atoms with Gasteiger partial charge in [0.1, 0.15) is 5.75 Å². The number of phenols is 1. The molecule has 78 valence electrons. The SMILES string of the molecule is Cc1c(O)cccc1C(C)NCCN. The topological polar surface area (TPSA) is 58.3 Å². The number of hydrogen-bond donors (Lipinski definition) is 3. The second-order valence-electron chi connectivity index (χ2n) is 3.46. The van der Waals surface area contributed by atoms with Gasteiger partial charge in [-0.15, -0.1) is 0 Å². The smallest absolute Gasteiger partial charge is 0.118 e. The van der Waals surface area contributed by atoms with Crippen molar-refractivity contribution >= 4 is 0 Å². The highest BCUT2D eigenvalue weighted by molar-refractivity contribution is 5.39. The molecule has 1 aromatic carbocycles. The molecule has 1 atom stereocenters. The summed E-state index contributed by atoms with van der Waals surface area (Å²) in [6.07, 6.45) is 0. The maximum absolute atomic E-state index is 9.52. The van der Waals surface area contributed by atoms with Gasteiger partial charge in [0.2, 0.25) is 0 Å². The van der Waals surface area contributed by atoms with Gasteiger partial charge in [-0.25, -0.2) is 0 Å². The highest BCUT2D eigenvalue weighted by Crippen LogP contribution is 2.24. The molecular weight excluding hydrogens is 176 g/mol. The van der Waals surface area contributed by atoms with E-state index in [1.54, 1.807) is 6.07 Å². The average molecular weight is 194 g/mol. The van der Waals surface area contributed by atoms with Crippen LogP contribution in [0.4, 0.5) is 0 Å². The van der Waals surface area contributed by atoms with Crippen molar-refractivity contribution in [2.24, 2.45) is 5.73 Å². The first-order valence-electron chi connectivity index (χ1n) is 4.88. The number of aromatic hydroxyl groups is 1. The Hall–Kier alpha value is -1.06. The summed E-state index contributed by atoms with van der Waals surface area (Å²) < 4.78 is 0. The summed E-state index contributed by atoms with van der Waals surface area (Å²) in [6.45, 7) is 5.40. The van der Waals surface area contributed by atoms with Crippen molar-refractivity contribution in [2.75, 3.05) is 13.1 Å². The molecule has 0 aromatic heterocycles. The molecular formula is C11H18N2O. The molecule has 0 aliphatic rings. The van der Waals surface area contributed by atoms with Crippen molar-refractivity contribution in [1.29, 1.82) is 0 Å². The molecule has 0 saturated heterocycles. The van der Waals surface area contributed by atoms with E-state index in [0.717, 1.165) is 17.7 Å². The Balaban J connectivity index is 2.79. The zero-order valence-corrected chi connectivity index (χ0v) is 8.75. The van der Waals surface area contributed by atoms with Crippen LogP contribution in [0.5, 0.6) is 5.75 Å². The van der Waals surface area contributed by atoms with Crippen LogP contribution in [0.25, 0.3) is 0 Å². The van der Waals surface area contributed by atoms with Gasteiger partial charge in [-0.05, 0) is 31.0 Å². The van der Waals surface area contributed by atoms with E-state index in [-0.39, 0.29) is 6.04 Å². The highest BCUT2D eigenvalue weighted by Gasteiger charge is 2.08. The van der Waals surface area contributed by atoms with Crippen molar-refractivity contribution in [3.8, 4) is 5.75 Å². The average Bonchev–Trinajstić information content (AvgIpc) is 2.18. The van der Waals surface area contributed by atoms with E-state index < -0.39 is 0 Å². The Kier molecular flexibility index (Phi) is 3.92. The van der Waals surface area contributed by atoms with Crippen molar-refractivity contribution in [2.45, 2.75) is 19.9 Å². The maximum Gasteiger partial charge on any atom is 0.118 e. The van der Waals surface area contributed by atoms with Gasteiger partial charge in [-0.1, -0.05) is 12.1 Å². The van der Waals surface area contributed by atoms with E-state index in [4.69, 9.17) is 5.73 Å². The minimum absolute atomic E-state index is 0.227. The number of phenolic OH excluding ortho intramolecular Hbond substituents is 1. The number of nitrogens with two attached hydrogens (primary N) is 1. The minimum Gasteiger partial charge on any atom is -0.508 e. The molecule has 0 radical (unpaired) electrons. The number of hydrogen-bond acceptors (Lipinski definition) is 3. The zero-order valence-electron chi connectivity index (χ0n) is 8.75.